The van der Waals surface area contributed by atoms with Crippen molar-refractivity contribution in [3.05, 3.63) is 47.4 Å². The van der Waals surface area contributed by atoms with E-state index in [-0.39, 0.29) is 23.6 Å². The summed E-state index contributed by atoms with van der Waals surface area (Å²) >= 11 is 0. The molecule has 1 saturated heterocycles. The van der Waals surface area contributed by atoms with Crippen LogP contribution in [0, 0.1) is 18.7 Å². The molecule has 1 saturated carbocycles. The van der Waals surface area contributed by atoms with Crippen molar-refractivity contribution >= 4 is 5.91 Å². The Morgan fingerprint density at radius 3 is 3.14 bits per heavy atom. The second-order valence-electron chi connectivity index (χ2n) is 6.28. The van der Waals surface area contributed by atoms with Crippen molar-refractivity contribution in [3.8, 4) is 0 Å². The molecule has 4 rings (SSSR count). The molecule has 1 aromatic heterocycles. The molecule has 0 spiro atoms. The van der Waals surface area contributed by atoms with Gasteiger partial charge in [-0.15, -0.1) is 0 Å². The molecule has 2 atom stereocenters. The first kappa shape index (κ1) is 13.4. The summed E-state index contributed by atoms with van der Waals surface area (Å²) in [5, 5.41) is 3.85. The van der Waals surface area contributed by atoms with Crippen LogP contribution in [0.25, 0.3) is 0 Å². The van der Waals surface area contributed by atoms with Gasteiger partial charge in [0.15, 0.2) is 5.82 Å². The van der Waals surface area contributed by atoms with E-state index in [1.165, 1.54) is 12.1 Å². The Morgan fingerprint density at radius 1 is 1.55 bits per heavy atom. The van der Waals surface area contributed by atoms with E-state index >= 15 is 0 Å². The van der Waals surface area contributed by atoms with E-state index in [2.05, 4.69) is 10.1 Å². The van der Waals surface area contributed by atoms with Gasteiger partial charge in [-0.3, -0.25) is 4.79 Å². The molecule has 1 amide bonds. The fraction of sp³-hybridized carbons (Fsp3) is 0.438. The number of amides is 1. The van der Waals surface area contributed by atoms with Crippen LogP contribution < -0.4 is 0 Å². The molecule has 114 valence electrons. The number of likely N-dealkylation sites (tertiary alicyclic amines) is 1. The van der Waals surface area contributed by atoms with Crippen LogP contribution in [-0.4, -0.2) is 34.0 Å². The summed E-state index contributed by atoms with van der Waals surface area (Å²) in [4.78, 5) is 18.6. The largest absolute Gasteiger partial charge is 0.341 e. The Labute approximate surface area is 127 Å². The van der Waals surface area contributed by atoms with E-state index in [4.69, 9.17) is 4.52 Å². The number of hydrogen-bond acceptors (Lipinski definition) is 4. The molecule has 0 radical (unpaired) electrons. The molecule has 2 heterocycles. The van der Waals surface area contributed by atoms with E-state index in [9.17, 15) is 9.18 Å². The molecule has 6 heteroatoms. The highest BCUT2D eigenvalue weighted by atomic mass is 19.1. The zero-order chi connectivity index (χ0) is 15.3. The monoisotopic (exact) mass is 301 g/mol. The minimum absolute atomic E-state index is 0.0217. The second-order valence-corrected chi connectivity index (χ2v) is 6.28. The van der Waals surface area contributed by atoms with Gasteiger partial charge in [0.2, 0.25) is 11.8 Å². The van der Waals surface area contributed by atoms with E-state index in [0.29, 0.717) is 29.7 Å². The van der Waals surface area contributed by atoms with Crippen LogP contribution in [0.5, 0.6) is 0 Å². The van der Waals surface area contributed by atoms with Crippen LogP contribution in [0.4, 0.5) is 4.39 Å². The first-order valence-electron chi connectivity index (χ1n) is 7.40. The second kappa shape index (κ2) is 4.63. The van der Waals surface area contributed by atoms with Crippen molar-refractivity contribution in [2.75, 3.05) is 13.1 Å². The first-order valence-corrected chi connectivity index (χ1v) is 7.40. The number of carbonyl (C=O) groups is 1. The number of rotatable bonds is 3. The van der Waals surface area contributed by atoms with Crippen molar-refractivity contribution < 1.29 is 13.7 Å². The van der Waals surface area contributed by atoms with Gasteiger partial charge >= 0.3 is 0 Å². The number of aryl methyl sites for hydroxylation is 1. The van der Waals surface area contributed by atoms with E-state index in [0.717, 1.165) is 13.0 Å². The molecule has 22 heavy (non-hydrogen) atoms. The SMILES string of the molecule is Cc1noc([C@]23C[C@H]2CN(C(=O)Cc2cccc(F)c2)C3)n1. The maximum absolute atomic E-state index is 13.2. The number of benzene rings is 1. The highest BCUT2D eigenvalue weighted by Crippen LogP contribution is 2.58. The van der Waals surface area contributed by atoms with Crippen LogP contribution >= 0.6 is 0 Å². The van der Waals surface area contributed by atoms with Gasteiger partial charge in [0, 0.05) is 13.1 Å². The third-order valence-corrected chi connectivity index (χ3v) is 4.70. The van der Waals surface area contributed by atoms with Gasteiger partial charge in [0.25, 0.3) is 0 Å². The van der Waals surface area contributed by atoms with Crippen LogP contribution in [0.15, 0.2) is 28.8 Å². The lowest BCUT2D eigenvalue weighted by atomic mass is 10.1. The number of piperidine rings is 1. The first-order chi connectivity index (χ1) is 10.6. The van der Waals surface area contributed by atoms with E-state index in [1.807, 2.05) is 4.90 Å². The molecule has 0 bridgehead atoms. The molecular formula is C16H16FN3O2. The van der Waals surface area contributed by atoms with Gasteiger partial charge in [-0.25, -0.2) is 4.39 Å². The predicted molar refractivity (Wildman–Crippen MR) is 75.5 cm³/mol. The zero-order valence-corrected chi connectivity index (χ0v) is 12.3. The molecule has 0 N–H and O–H groups in total. The van der Waals surface area contributed by atoms with Crippen molar-refractivity contribution in [1.29, 1.82) is 0 Å². The molecule has 5 nitrogen and oxygen atoms in total. The Bertz CT molecular complexity index is 744. The van der Waals surface area contributed by atoms with Gasteiger partial charge in [-0.05, 0) is 37.0 Å². The third-order valence-electron chi connectivity index (χ3n) is 4.70. The molecule has 2 aliphatic rings. The third kappa shape index (κ3) is 2.10. The van der Waals surface area contributed by atoms with Crippen molar-refractivity contribution in [2.24, 2.45) is 5.92 Å². The average molecular weight is 301 g/mol. The lowest BCUT2D eigenvalue weighted by Gasteiger charge is -2.19. The Balaban J connectivity index is 1.46. The predicted octanol–water partition coefficient (Wildman–Crippen LogP) is 1.86. The molecule has 1 aliphatic heterocycles. The maximum Gasteiger partial charge on any atom is 0.235 e. The van der Waals surface area contributed by atoms with Crippen molar-refractivity contribution in [3.63, 3.8) is 0 Å². The summed E-state index contributed by atoms with van der Waals surface area (Å²) in [6, 6.07) is 6.19. The Hall–Kier alpha value is -2.24. The lowest BCUT2D eigenvalue weighted by molar-refractivity contribution is -0.130. The van der Waals surface area contributed by atoms with Gasteiger partial charge in [-0.1, -0.05) is 17.3 Å². The number of hydrogen-bond donors (Lipinski definition) is 0. The standard InChI is InChI=1S/C16H16FN3O2/c1-10-18-15(22-19-10)16-7-12(16)8-20(9-16)14(21)6-11-3-2-4-13(17)5-11/h2-5,12H,6-9H2,1H3/t12-,16-/m0/s1. The summed E-state index contributed by atoms with van der Waals surface area (Å²) in [5.41, 5.74) is 0.562. The minimum Gasteiger partial charge on any atom is -0.341 e. The lowest BCUT2D eigenvalue weighted by Crippen LogP contribution is -2.34. The summed E-state index contributed by atoms with van der Waals surface area (Å²) < 4.78 is 18.5. The molecule has 1 aromatic carbocycles. The number of fused-ring (bicyclic) bond motifs is 1. The van der Waals surface area contributed by atoms with E-state index < -0.39 is 0 Å². The molecule has 1 aliphatic carbocycles. The minimum atomic E-state index is -0.313. The molecule has 2 aromatic rings. The zero-order valence-electron chi connectivity index (χ0n) is 12.3. The van der Waals surface area contributed by atoms with E-state index in [1.54, 1.807) is 19.1 Å². The highest BCUT2D eigenvalue weighted by molar-refractivity contribution is 5.79. The summed E-state index contributed by atoms with van der Waals surface area (Å²) in [5.74, 6) is 1.39. The van der Waals surface area contributed by atoms with Gasteiger partial charge < -0.3 is 9.42 Å². The quantitative estimate of drug-likeness (QED) is 0.868. The topological polar surface area (TPSA) is 59.2 Å². The summed E-state index contributed by atoms with van der Waals surface area (Å²) in [6.45, 7) is 3.13. The number of halogens is 1. The fourth-order valence-electron chi connectivity index (χ4n) is 3.44. The van der Waals surface area contributed by atoms with Crippen molar-refractivity contribution in [1.82, 2.24) is 15.0 Å². The Kier molecular flexibility index (Phi) is 2.82. The van der Waals surface area contributed by atoms with Crippen LogP contribution in [0.3, 0.4) is 0 Å². The normalized spacial score (nSPS) is 26.1. The van der Waals surface area contributed by atoms with Crippen LogP contribution in [-0.2, 0) is 16.6 Å². The summed E-state index contributed by atoms with van der Waals surface area (Å²) in [6.07, 6.45) is 1.22. The maximum atomic E-state index is 13.2. The highest BCUT2D eigenvalue weighted by Gasteiger charge is 2.65. The van der Waals surface area contributed by atoms with Gasteiger partial charge in [-0.2, -0.15) is 4.98 Å². The number of nitrogens with zero attached hydrogens (tertiary/aromatic N) is 3. The van der Waals surface area contributed by atoms with Crippen molar-refractivity contribution in [2.45, 2.75) is 25.2 Å². The van der Waals surface area contributed by atoms with Crippen LogP contribution in [0.1, 0.15) is 23.7 Å². The molecule has 0 unspecified atom stereocenters. The number of aromatic nitrogens is 2. The fourth-order valence-corrected chi connectivity index (χ4v) is 3.44. The molecule has 2 fully saturated rings. The number of carbonyl (C=O) groups excluding carboxylic acids is 1. The Morgan fingerprint density at radius 2 is 2.41 bits per heavy atom. The average Bonchev–Trinajstić information content (AvgIpc) is 2.83. The van der Waals surface area contributed by atoms with Gasteiger partial charge in [0.1, 0.15) is 5.82 Å². The van der Waals surface area contributed by atoms with Gasteiger partial charge in [0.05, 0.1) is 11.8 Å². The van der Waals surface area contributed by atoms with Crippen LogP contribution in [0.2, 0.25) is 0 Å². The smallest absolute Gasteiger partial charge is 0.235 e. The molecular weight excluding hydrogens is 285 g/mol. The summed E-state index contributed by atoms with van der Waals surface area (Å²) in [7, 11) is 0.